The highest BCUT2D eigenvalue weighted by Crippen LogP contribution is 2.24. The van der Waals surface area contributed by atoms with Gasteiger partial charge in [0.15, 0.2) is 5.78 Å². The zero-order valence-electron chi connectivity index (χ0n) is 16.3. The molecule has 1 aliphatic rings. The van der Waals surface area contributed by atoms with E-state index in [-0.39, 0.29) is 24.2 Å². The lowest BCUT2D eigenvalue weighted by atomic mass is 9.89. The van der Waals surface area contributed by atoms with Gasteiger partial charge < -0.3 is 14.2 Å². The molecule has 1 saturated heterocycles. The number of benzene rings is 2. The molecule has 0 unspecified atom stereocenters. The van der Waals surface area contributed by atoms with Crippen LogP contribution >= 0.6 is 11.6 Å². The van der Waals surface area contributed by atoms with Crippen molar-refractivity contribution in [2.45, 2.75) is 19.4 Å². The Labute approximate surface area is 174 Å². The third kappa shape index (κ3) is 4.15. The van der Waals surface area contributed by atoms with E-state index in [2.05, 4.69) is 0 Å². The number of ketones is 1. The molecular formula is C23H23ClN2O3. The Kier molecular flexibility index (Phi) is 5.58. The van der Waals surface area contributed by atoms with Crippen LogP contribution in [0.4, 0.5) is 0 Å². The molecule has 150 valence electrons. The number of nitrogens with zero attached hydrogens (tertiary/aromatic N) is 2. The number of halogens is 1. The fourth-order valence-electron chi connectivity index (χ4n) is 3.92. The standard InChI is InChI=1S/C23H23ClN2O3/c1-29-20-6-3-17(4-7-20)23(28)18-9-11-25(12-10-18)22(27)15-26-13-8-16-2-5-19(24)14-21(16)26/h2-8,13-14,18H,9-12,15H2,1H3. The Morgan fingerprint density at radius 2 is 1.79 bits per heavy atom. The molecule has 2 heterocycles. The average molecular weight is 411 g/mol. The van der Waals surface area contributed by atoms with Gasteiger partial charge in [0.1, 0.15) is 12.3 Å². The summed E-state index contributed by atoms with van der Waals surface area (Å²) in [6.45, 7) is 1.48. The van der Waals surface area contributed by atoms with E-state index in [1.54, 1.807) is 31.4 Å². The van der Waals surface area contributed by atoms with Crippen LogP contribution in [0.1, 0.15) is 23.2 Å². The van der Waals surface area contributed by atoms with Crippen molar-refractivity contribution in [1.29, 1.82) is 0 Å². The van der Waals surface area contributed by atoms with Gasteiger partial charge in [-0.15, -0.1) is 0 Å². The number of hydrogen-bond donors (Lipinski definition) is 0. The van der Waals surface area contributed by atoms with Gasteiger partial charge in [0, 0.05) is 41.3 Å². The van der Waals surface area contributed by atoms with Gasteiger partial charge in [-0.2, -0.15) is 0 Å². The number of hydrogen-bond acceptors (Lipinski definition) is 3. The van der Waals surface area contributed by atoms with Crippen molar-refractivity contribution in [2.24, 2.45) is 5.92 Å². The number of likely N-dealkylation sites (tertiary alicyclic amines) is 1. The molecule has 0 atom stereocenters. The van der Waals surface area contributed by atoms with Crippen molar-refractivity contribution >= 4 is 34.2 Å². The lowest BCUT2D eigenvalue weighted by Gasteiger charge is -2.31. The number of carbonyl (C=O) groups is 2. The first-order valence-electron chi connectivity index (χ1n) is 9.75. The first-order valence-corrected chi connectivity index (χ1v) is 10.1. The summed E-state index contributed by atoms with van der Waals surface area (Å²) in [6, 6.07) is 14.9. The number of carbonyl (C=O) groups excluding carboxylic acids is 2. The Bertz CT molecular complexity index is 1030. The van der Waals surface area contributed by atoms with Crippen LogP contribution in [-0.2, 0) is 11.3 Å². The zero-order chi connectivity index (χ0) is 20.4. The first-order chi connectivity index (χ1) is 14.0. The van der Waals surface area contributed by atoms with Crippen LogP contribution in [0.5, 0.6) is 5.75 Å². The Morgan fingerprint density at radius 3 is 2.48 bits per heavy atom. The van der Waals surface area contributed by atoms with E-state index in [1.807, 2.05) is 39.9 Å². The molecule has 1 amide bonds. The van der Waals surface area contributed by atoms with E-state index in [4.69, 9.17) is 16.3 Å². The second-order valence-corrected chi connectivity index (χ2v) is 7.83. The van der Waals surface area contributed by atoms with Crippen LogP contribution < -0.4 is 4.74 Å². The highest BCUT2D eigenvalue weighted by atomic mass is 35.5. The molecule has 29 heavy (non-hydrogen) atoms. The van der Waals surface area contributed by atoms with Gasteiger partial charge in [-0.25, -0.2) is 0 Å². The number of fused-ring (bicyclic) bond motifs is 1. The molecule has 2 aromatic carbocycles. The predicted molar refractivity (Wildman–Crippen MR) is 114 cm³/mol. The topological polar surface area (TPSA) is 51.5 Å². The highest BCUT2D eigenvalue weighted by Gasteiger charge is 2.28. The first kappa shape index (κ1) is 19.5. The summed E-state index contributed by atoms with van der Waals surface area (Å²) in [5, 5.41) is 1.72. The molecule has 0 saturated carbocycles. The summed E-state index contributed by atoms with van der Waals surface area (Å²) in [4.78, 5) is 27.4. The van der Waals surface area contributed by atoms with Crippen LogP contribution in [0.25, 0.3) is 10.9 Å². The number of amides is 1. The van der Waals surface area contributed by atoms with Crippen molar-refractivity contribution < 1.29 is 14.3 Å². The van der Waals surface area contributed by atoms with Gasteiger partial charge in [0.2, 0.25) is 5.91 Å². The van der Waals surface area contributed by atoms with Crippen LogP contribution in [0.15, 0.2) is 54.7 Å². The molecule has 5 nitrogen and oxygen atoms in total. The van der Waals surface area contributed by atoms with E-state index >= 15 is 0 Å². The minimum atomic E-state index is -0.0429. The lowest BCUT2D eigenvalue weighted by Crippen LogP contribution is -2.41. The Hall–Kier alpha value is -2.79. The van der Waals surface area contributed by atoms with E-state index in [0.29, 0.717) is 36.5 Å². The third-order valence-corrected chi connectivity index (χ3v) is 5.87. The molecular weight excluding hydrogens is 388 g/mol. The number of ether oxygens (including phenoxy) is 1. The summed E-state index contributed by atoms with van der Waals surface area (Å²) in [6.07, 6.45) is 3.29. The van der Waals surface area contributed by atoms with E-state index in [0.717, 1.165) is 16.7 Å². The van der Waals surface area contributed by atoms with Gasteiger partial charge >= 0.3 is 0 Å². The minimum absolute atomic E-state index is 0.0429. The van der Waals surface area contributed by atoms with Crippen LogP contribution in [0, 0.1) is 5.92 Å². The van der Waals surface area contributed by atoms with Crippen LogP contribution in [0.2, 0.25) is 5.02 Å². The number of aromatic nitrogens is 1. The number of rotatable bonds is 5. The molecule has 1 aliphatic heterocycles. The van der Waals surface area contributed by atoms with Gasteiger partial charge in [-0.1, -0.05) is 17.7 Å². The molecule has 0 radical (unpaired) electrons. The molecule has 6 heteroatoms. The maximum absolute atomic E-state index is 12.8. The fourth-order valence-corrected chi connectivity index (χ4v) is 4.09. The molecule has 0 N–H and O–H groups in total. The normalized spacial score (nSPS) is 14.9. The van der Waals surface area contributed by atoms with Gasteiger partial charge in [-0.3, -0.25) is 9.59 Å². The number of Topliss-reactive ketones (excluding diaryl/α,β-unsaturated/α-hetero) is 1. The monoisotopic (exact) mass is 410 g/mol. The molecule has 0 spiro atoms. The van der Waals surface area contributed by atoms with Crippen LogP contribution in [-0.4, -0.2) is 41.4 Å². The third-order valence-electron chi connectivity index (χ3n) is 5.63. The van der Waals surface area contributed by atoms with Crippen molar-refractivity contribution in [3.05, 3.63) is 65.3 Å². The molecule has 4 rings (SSSR count). The SMILES string of the molecule is COc1ccc(C(=O)C2CCN(C(=O)Cn3ccc4ccc(Cl)cc43)CC2)cc1. The highest BCUT2D eigenvalue weighted by molar-refractivity contribution is 6.31. The second-order valence-electron chi connectivity index (χ2n) is 7.39. The predicted octanol–water partition coefficient (Wildman–Crippen LogP) is 4.42. The van der Waals surface area contributed by atoms with Gasteiger partial charge in [0.05, 0.1) is 7.11 Å². The quantitative estimate of drug-likeness (QED) is 0.585. The maximum Gasteiger partial charge on any atom is 0.242 e. The summed E-state index contributed by atoms with van der Waals surface area (Å²) < 4.78 is 7.08. The lowest BCUT2D eigenvalue weighted by molar-refractivity contribution is -0.133. The second kappa shape index (κ2) is 8.29. The Balaban J connectivity index is 1.36. The van der Waals surface area contributed by atoms with Crippen molar-refractivity contribution in [1.82, 2.24) is 9.47 Å². The van der Waals surface area contributed by atoms with E-state index in [9.17, 15) is 9.59 Å². The van der Waals surface area contributed by atoms with E-state index in [1.165, 1.54) is 0 Å². The van der Waals surface area contributed by atoms with Crippen molar-refractivity contribution in [3.8, 4) is 5.75 Å². The van der Waals surface area contributed by atoms with Crippen molar-refractivity contribution in [3.63, 3.8) is 0 Å². The summed E-state index contributed by atoms with van der Waals surface area (Å²) in [5.41, 5.74) is 1.65. The Morgan fingerprint density at radius 1 is 1.07 bits per heavy atom. The summed E-state index contributed by atoms with van der Waals surface area (Å²) >= 11 is 6.10. The van der Waals surface area contributed by atoms with E-state index < -0.39 is 0 Å². The van der Waals surface area contributed by atoms with Crippen LogP contribution in [0.3, 0.4) is 0 Å². The number of piperidine rings is 1. The molecule has 0 aliphatic carbocycles. The maximum atomic E-state index is 12.8. The number of methoxy groups -OCH3 is 1. The van der Waals surface area contributed by atoms with Gasteiger partial charge in [-0.05, 0) is 60.7 Å². The molecule has 1 fully saturated rings. The van der Waals surface area contributed by atoms with Gasteiger partial charge in [0.25, 0.3) is 0 Å². The van der Waals surface area contributed by atoms with Crippen molar-refractivity contribution in [2.75, 3.05) is 20.2 Å². The summed E-state index contributed by atoms with van der Waals surface area (Å²) in [7, 11) is 1.61. The molecule has 0 bridgehead atoms. The molecule has 1 aromatic heterocycles. The summed E-state index contributed by atoms with van der Waals surface area (Å²) in [5.74, 6) is 0.906. The smallest absolute Gasteiger partial charge is 0.242 e. The minimum Gasteiger partial charge on any atom is -0.497 e. The largest absolute Gasteiger partial charge is 0.497 e. The molecule has 3 aromatic rings. The average Bonchev–Trinajstić information content (AvgIpc) is 3.15. The zero-order valence-corrected chi connectivity index (χ0v) is 17.1. The fraction of sp³-hybridized carbons (Fsp3) is 0.304.